The van der Waals surface area contributed by atoms with Gasteiger partial charge in [-0.2, -0.15) is 0 Å². The number of hydrogen-bond acceptors (Lipinski definition) is 4. The molecule has 0 aromatic carbocycles. The van der Waals surface area contributed by atoms with Gasteiger partial charge >= 0.3 is 5.97 Å². The highest BCUT2D eigenvalue weighted by Crippen LogP contribution is 2.15. The number of rotatable bonds is 2. The molecule has 0 saturated carbocycles. The summed E-state index contributed by atoms with van der Waals surface area (Å²) in [6.45, 7) is 0. The number of halogens is 1. The second-order valence-corrected chi connectivity index (χ2v) is 3.08. The SMILES string of the molecule is O=C(O)c1nc(-n2cnnc2)ccc1Cl. The highest BCUT2D eigenvalue weighted by Gasteiger charge is 2.11. The maximum Gasteiger partial charge on any atom is 0.356 e. The fourth-order valence-corrected chi connectivity index (χ4v) is 1.23. The average molecular weight is 225 g/mol. The molecule has 0 aliphatic heterocycles. The maximum atomic E-state index is 10.8. The van der Waals surface area contributed by atoms with Gasteiger partial charge in [0, 0.05) is 0 Å². The summed E-state index contributed by atoms with van der Waals surface area (Å²) in [6.07, 6.45) is 2.84. The predicted molar refractivity (Wildman–Crippen MR) is 51.1 cm³/mol. The first-order chi connectivity index (χ1) is 7.18. The molecule has 0 spiro atoms. The van der Waals surface area contributed by atoms with Crippen molar-refractivity contribution in [3.8, 4) is 5.82 Å². The normalized spacial score (nSPS) is 10.2. The van der Waals surface area contributed by atoms with Crippen LogP contribution in [0.5, 0.6) is 0 Å². The largest absolute Gasteiger partial charge is 0.476 e. The summed E-state index contributed by atoms with van der Waals surface area (Å²) in [7, 11) is 0. The van der Waals surface area contributed by atoms with Crippen molar-refractivity contribution in [1.82, 2.24) is 19.7 Å². The van der Waals surface area contributed by atoms with E-state index in [4.69, 9.17) is 16.7 Å². The van der Waals surface area contributed by atoms with Crippen LogP contribution in [-0.4, -0.2) is 30.8 Å². The van der Waals surface area contributed by atoms with E-state index in [0.717, 1.165) is 0 Å². The van der Waals surface area contributed by atoms with Gasteiger partial charge in [-0.25, -0.2) is 9.78 Å². The van der Waals surface area contributed by atoms with Gasteiger partial charge in [-0.3, -0.25) is 4.57 Å². The van der Waals surface area contributed by atoms with Crippen molar-refractivity contribution in [2.45, 2.75) is 0 Å². The van der Waals surface area contributed by atoms with Crippen LogP contribution in [0.15, 0.2) is 24.8 Å². The van der Waals surface area contributed by atoms with Crippen molar-refractivity contribution in [3.05, 3.63) is 35.5 Å². The van der Waals surface area contributed by atoms with Gasteiger partial charge in [0.1, 0.15) is 18.5 Å². The molecule has 0 radical (unpaired) electrons. The van der Waals surface area contributed by atoms with E-state index in [1.54, 1.807) is 6.07 Å². The van der Waals surface area contributed by atoms with Crippen LogP contribution in [-0.2, 0) is 0 Å². The Morgan fingerprint density at radius 3 is 2.60 bits per heavy atom. The maximum absolute atomic E-state index is 10.8. The number of pyridine rings is 1. The molecule has 7 heteroatoms. The smallest absolute Gasteiger partial charge is 0.356 e. The average Bonchev–Trinajstić information content (AvgIpc) is 2.71. The number of carboxylic acids is 1. The second-order valence-electron chi connectivity index (χ2n) is 2.67. The summed E-state index contributed by atoms with van der Waals surface area (Å²) in [6, 6.07) is 3.05. The van der Waals surface area contributed by atoms with Gasteiger partial charge in [0.05, 0.1) is 5.02 Å². The lowest BCUT2D eigenvalue weighted by molar-refractivity contribution is 0.0690. The molecule has 0 unspecified atom stereocenters. The van der Waals surface area contributed by atoms with Gasteiger partial charge in [-0.05, 0) is 12.1 Å². The Morgan fingerprint density at radius 1 is 1.33 bits per heavy atom. The Morgan fingerprint density at radius 2 is 2.00 bits per heavy atom. The molecular weight excluding hydrogens is 220 g/mol. The molecule has 2 heterocycles. The minimum absolute atomic E-state index is 0.0966. The van der Waals surface area contributed by atoms with Crippen LogP contribution in [0, 0.1) is 0 Å². The van der Waals surface area contributed by atoms with Gasteiger partial charge < -0.3 is 5.11 Å². The summed E-state index contributed by atoms with van der Waals surface area (Å²) in [5.74, 6) is -0.767. The molecule has 1 N–H and O–H groups in total. The molecule has 2 aromatic heterocycles. The van der Waals surface area contributed by atoms with Crippen LogP contribution in [0.3, 0.4) is 0 Å². The van der Waals surface area contributed by atoms with E-state index in [1.165, 1.54) is 23.3 Å². The van der Waals surface area contributed by atoms with E-state index in [2.05, 4.69) is 15.2 Å². The zero-order valence-electron chi connectivity index (χ0n) is 7.33. The first-order valence-corrected chi connectivity index (χ1v) is 4.31. The Balaban J connectivity index is 2.52. The lowest BCUT2D eigenvalue weighted by Gasteiger charge is -2.02. The van der Waals surface area contributed by atoms with Crippen molar-refractivity contribution in [1.29, 1.82) is 0 Å². The molecule has 0 aliphatic rings. The fraction of sp³-hybridized carbons (Fsp3) is 0. The van der Waals surface area contributed by atoms with Crippen LogP contribution in [0.25, 0.3) is 5.82 Å². The zero-order chi connectivity index (χ0) is 10.8. The van der Waals surface area contributed by atoms with Crippen molar-refractivity contribution in [3.63, 3.8) is 0 Å². The summed E-state index contributed by atoms with van der Waals surface area (Å²) >= 11 is 5.67. The fourth-order valence-electron chi connectivity index (χ4n) is 1.04. The summed E-state index contributed by atoms with van der Waals surface area (Å²) in [4.78, 5) is 14.6. The van der Waals surface area contributed by atoms with E-state index in [9.17, 15) is 4.79 Å². The Labute approximate surface area is 89.2 Å². The lowest BCUT2D eigenvalue weighted by atomic mass is 10.3. The Kier molecular flexibility index (Phi) is 2.34. The summed E-state index contributed by atoms with van der Waals surface area (Å²) in [5.41, 5.74) is -0.192. The molecule has 0 atom stereocenters. The molecule has 0 amide bonds. The lowest BCUT2D eigenvalue weighted by Crippen LogP contribution is -2.05. The van der Waals surface area contributed by atoms with Crippen LogP contribution in [0.1, 0.15) is 10.5 Å². The highest BCUT2D eigenvalue weighted by atomic mass is 35.5. The third kappa shape index (κ3) is 1.79. The van der Waals surface area contributed by atoms with E-state index in [0.29, 0.717) is 5.82 Å². The highest BCUT2D eigenvalue weighted by molar-refractivity contribution is 6.33. The molecule has 0 saturated heterocycles. The van der Waals surface area contributed by atoms with E-state index < -0.39 is 5.97 Å². The summed E-state index contributed by atoms with van der Waals surface area (Å²) in [5, 5.41) is 16.1. The monoisotopic (exact) mass is 224 g/mol. The minimum atomic E-state index is -1.17. The molecule has 15 heavy (non-hydrogen) atoms. The minimum Gasteiger partial charge on any atom is -0.476 e. The van der Waals surface area contributed by atoms with E-state index >= 15 is 0 Å². The van der Waals surface area contributed by atoms with Gasteiger partial charge in [0.15, 0.2) is 5.69 Å². The van der Waals surface area contributed by atoms with Crippen LogP contribution in [0.2, 0.25) is 5.02 Å². The molecule has 0 bridgehead atoms. The first kappa shape index (κ1) is 9.60. The number of aromatic nitrogens is 4. The Bertz CT molecular complexity index is 497. The number of carboxylic acid groups (broad SMARTS) is 1. The number of carbonyl (C=O) groups is 1. The predicted octanol–water partition coefficient (Wildman–Crippen LogP) is 1.01. The zero-order valence-corrected chi connectivity index (χ0v) is 8.09. The van der Waals surface area contributed by atoms with Gasteiger partial charge in [-0.1, -0.05) is 11.6 Å². The third-order valence-electron chi connectivity index (χ3n) is 1.72. The molecule has 6 nitrogen and oxygen atoms in total. The van der Waals surface area contributed by atoms with Crippen molar-refractivity contribution < 1.29 is 9.90 Å². The second kappa shape index (κ2) is 3.66. The quantitative estimate of drug-likeness (QED) is 0.824. The number of hydrogen-bond donors (Lipinski definition) is 1. The van der Waals surface area contributed by atoms with Crippen LogP contribution in [0.4, 0.5) is 0 Å². The molecule has 2 aromatic rings. The molecule has 0 aliphatic carbocycles. The molecule has 0 fully saturated rings. The topological polar surface area (TPSA) is 80.9 Å². The van der Waals surface area contributed by atoms with Crippen LogP contribution >= 0.6 is 11.6 Å². The van der Waals surface area contributed by atoms with Gasteiger partial charge in [-0.15, -0.1) is 10.2 Å². The number of aromatic carboxylic acids is 1. The molecule has 76 valence electrons. The molecular formula is C8H5ClN4O2. The van der Waals surface area contributed by atoms with Gasteiger partial charge in [0.25, 0.3) is 0 Å². The van der Waals surface area contributed by atoms with E-state index in [1.807, 2.05) is 0 Å². The first-order valence-electron chi connectivity index (χ1n) is 3.93. The Hall–Kier alpha value is -1.95. The van der Waals surface area contributed by atoms with Crippen molar-refractivity contribution in [2.24, 2.45) is 0 Å². The third-order valence-corrected chi connectivity index (χ3v) is 2.02. The standard InChI is InChI=1S/C8H5ClN4O2/c9-5-1-2-6(12-7(5)8(14)15)13-3-10-11-4-13/h1-4H,(H,14,15). The summed E-state index contributed by atoms with van der Waals surface area (Å²) < 4.78 is 1.49. The van der Waals surface area contributed by atoms with Gasteiger partial charge in [0.2, 0.25) is 0 Å². The van der Waals surface area contributed by atoms with Crippen molar-refractivity contribution >= 4 is 17.6 Å². The van der Waals surface area contributed by atoms with Crippen molar-refractivity contribution in [2.75, 3.05) is 0 Å². The number of nitrogens with zero attached hydrogens (tertiary/aromatic N) is 4. The molecule has 2 rings (SSSR count). The van der Waals surface area contributed by atoms with E-state index in [-0.39, 0.29) is 10.7 Å². The van der Waals surface area contributed by atoms with Crippen LogP contribution < -0.4 is 0 Å².